The van der Waals surface area contributed by atoms with Crippen LogP contribution in [0.2, 0.25) is 0 Å². The number of aliphatic hydroxyl groups excluding tert-OH is 1. The highest BCUT2D eigenvalue weighted by molar-refractivity contribution is 6.08. The number of benzene rings is 1. The molecule has 4 heteroatoms. The minimum absolute atomic E-state index is 0.00167. The smallest absolute Gasteiger partial charge is 0.253 e. The molecule has 4 nitrogen and oxygen atoms in total. The number of aryl methyl sites for hydroxylation is 1. The van der Waals surface area contributed by atoms with Gasteiger partial charge in [-0.05, 0) is 30.9 Å². The van der Waals surface area contributed by atoms with Crippen LogP contribution >= 0.6 is 0 Å². The molecule has 1 saturated carbocycles. The van der Waals surface area contributed by atoms with Crippen molar-refractivity contribution < 1.29 is 9.90 Å². The largest absolute Gasteiger partial charge is 0.395 e. The zero-order valence-electron chi connectivity index (χ0n) is 14.6. The highest BCUT2D eigenvalue weighted by Crippen LogP contribution is 2.27. The van der Waals surface area contributed by atoms with Crippen molar-refractivity contribution in [3.63, 3.8) is 0 Å². The minimum Gasteiger partial charge on any atom is -0.395 e. The van der Waals surface area contributed by atoms with Crippen LogP contribution in [-0.4, -0.2) is 28.7 Å². The normalized spacial score (nSPS) is 15.8. The minimum atomic E-state index is 0.00167. The third-order valence-corrected chi connectivity index (χ3v) is 5.26. The Hall–Kier alpha value is -1.81. The summed E-state index contributed by atoms with van der Waals surface area (Å²) < 4.78 is 1.97. The Labute approximate surface area is 143 Å². The Balaban J connectivity index is 1.72. The predicted molar refractivity (Wildman–Crippen MR) is 97.3 cm³/mol. The van der Waals surface area contributed by atoms with Gasteiger partial charge >= 0.3 is 0 Å². The molecule has 1 aliphatic carbocycles. The first-order valence-electron chi connectivity index (χ1n) is 9.18. The molecule has 0 atom stereocenters. The quantitative estimate of drug-likeness (QED) is 0.850. The van der Waals surface area contributed by atoms with E-state index in [0.29, 0.717) is 6.54 Å². The second-order valence-electron chi connectivity index (χ2n) is 6.98. The monoisotopic (exact) mass is 328 g/mol. The summed E-state index contributed by atoms with van der Waals surface area (Å²) in [6.45, 7) is 3.36. The van der Waals surface area contributed by atoms with Crippen LogP contribution in [0.25, 0.3) is 10.9 Å². The van der Waals surface area contributed by atoms with Gasteiger partial charge in [-0.15, -0.1) is 0 Å². The van der Waals surface area contributed by atoms with Gasteiger partial charge in [0.05, 0.1) is 12.2 Å². The topological polar surface area (TPSA) is 54.3 Å². The molecular formula is C20H28N2O2. The molecule has 1 aliphatic rings. The maximum Gasteiger partial charge on any atom is 0.253 e. The number of hydrogen-bond donors (Lipinski definition) is 2. The van der Waals surface area contributed by atoms with Crippen LogP contribution < -0.4 is 5.32 Å². The van der Waals surface area contributed by atoms with Crippen molar-refractivity contribution in [1.29, 1.82) is 0 Å². The molecular weight excluding hydrogens is 300 g/mol. The van der Waals surface area contributed by atoms with E-state index in [2.05, 4.69) is 5.32 Å². The van der Waals surface area contributed by atoms with E-state index in [1.807, 2.05) is 35.9 Å². The fourth-order valence-electron chi connectivity index (χ4n) is 3.96. The van der Waals surface area contributed by atoms with Crippen molar-refractivity contribution in [2.24, 2.45) is 5.92 Å². The van der Waals surface area contributed by atoms with E-state index >= 15 is 0 Å². The fourth-order valence-corrected chi connectivity index (χ4v) is 3.96. The van der Waals surface area contributed by atoms with Crippen LogP contribution in [0.5, 0.6) is 0 Å². The first-order chi connectivity index (χ1) is 11.7. The van der Waals surface area contributed by atoms with Crippen LogP contribution in [0.15, 0.2) is 24.4 Å². The zero-order valence-corrected chi connectivity index (χ0v) is 14.6. The predicted octanol–water partition coefficient (Wildman–Crippen LogP) is 3.64. The van der Waals surface area contributed by atoms with Crippen LogP contribution in [0.3, 0.4) is 0 Å². The van der Waals surface area contributed by atoms with Crippen LogP contribution in [0.1, 0.15) is 54.4 Å². The molecule has 3 rings (SSSR count). The average Bonchev–Trinajstić information content (AvgIpc) is 2.96. The maximum atomic E-state index is 12.7. The summed E-state index contributed by atoms with van der Waals surface area (Å²) in [5, 5.41) is 13.4. The second kappa shape index (κ2) is 7.84. The van der Waals surface area contributed by atoms with Crippen molar-refractivity contribution >= 4 is 16.8 Å². The lowest BCUT2D eigenvalue weighted by Gasteiger charge is -2.21. The second-order valence-corrected chi connectivity index (χ2v) is 6.98. The van der Waals surface area contributed by atoms with Crippen molar-refractivity contribution in [1.82, 2.24) is 9.88 Å². The number of nitrogens with one attached hydrogen (secondary N) is 1. The molecule has 1 aromatic carbocycles. The molecule has 0 unspecified atom stereocenters. The summed E-state index contributed by atoms with van der Waals surface area (Å²) in [5.41, 5.74) is 2.84. The van der Waals surface area contributed by atoms with Gasteiger partial charge in [0.2, 0.25) is 0 Å². The van der Waals surface area contributed by atoms with Gasteiger partial charge in [0.1, 0.15) is 0 Å². The Bertz CT molecular complexity index is 699. The van der Waals surface area contributed by atoms with Gasteiger partial charge in [0.15, 0.2) is 0 Å². The van der Waals surface area contributed by atoms with Gasteiger partial charge < -0.3 is 15.0 Å². The Morgan fingerprint density at radius 3 is 2.83 bits per heavy atom. The molecule has 2 aromatic rings. The molecule has 1 heterocycles. The van der Waals surface area contributed by atoms with Crippen LogP contribution in [0, 0.1) is 12.8 Å². The van der Waals surface area contributed by atoms with E-state index < -0.39 is 0 Å². The lowest BCUT2D eigenvalue weighted by molar-refractivity contribution is 0.0951. The third-order valence-electron chi connectivity index (χ3n) is 5.26. The summed E-state index contributed by atoms with van der Waals surface area (Å²) in [7, 11) is 0. The van der Waals surface area contributed by atoms with Gasteiger partial charge in [0.25, 0.3) is 5.91 Å². The highest BCUT2D eigenvalue weighted by atomic mass is 16.3. The van der Waals surface area contributed by atoms with Gasteiger partial charge in [-0.1, -0.05) is 44.2 Å². The van der Waals surface area contributed by atoms with Crippen molar-refractivity contribution in [2.45, 2.75) is 52.0 Å². The lowest BCUT2D eigenvalue weighted by Crippen LogP contribution is -2.26. The first kappa shape index (κ1) is 17.0. The fraction of sp³-hybridized carbons (Fsp3) is 0.550. The highest BCUT2D eigenvalue weighted by Gasteiger charge is 2.17. The summed E-state index contributed by atoms with van der Waals surface area (Å²) in [6.07, 6.45) is 9.63. The van der Waals surface area contributed by atoms with Gasteiger partial charge in [0, 0.05) is 30.2 Å². The van der Waals surface area contributed by atoms with Gasteiger partial charge in [-0.25, -0.2) is 0 Å². The van der Waals surface area contributed by atoms with E-state index in [1.165, 1.54) is 32.1 Å². The number of rotatable bonds is 6. The molecule has 0 aliphatic heterocycles. The maximum absolute atomic E-state index is 12.7. The zero-order chi connectivity index (χ0) is 16.9. The van der Waals surface area contributed by atoms with E-state index in [0.717, 1.165) is 40.9 Å². The number of aromatic nitrogens is 1. The number of hydrogen-bond acceptors (Lipinski definition) is 2. The Kier molecular flexibility index (Phi) is 5.56. The molecule has 0 saturated heterocycles. The van der Waals surface area contributed by atoms with Crippen molar-refractivity contribution in [3.05, 3.63) is 35.5 Å². The molecule has 1 fully saturated rings. The third kappa shape index (κ3) is 3.64. The summed E-state index contributed by atoms with van der Waals surface area (Å²) in [6, 6.07) is 6.04. The van der Waals surface area contributed by atoms with Crippen LogP contribution in [0.4, 0.5) is 0 Å². The number of amides is 1. The first-order valence-corrected chi connectivity index (χ1v) is 9.18. The van der Waals surface area contributed by atoms with E-state index in [9.17, 15) is 9.90 Å². The Morgan fingerprint density at radius 1 is 1.29 bits per heavy atom. The summed E-state index contributed by atoms with van der Waals surface area (Å²) in [5.74, 6) is 0.776. The van der Waals surface area contributed by atoms with Crippen molar-refractivity contribution in [2.75, 3.05) is 13.2 Å². The number of aliphatic hydroxyl groups is 1. The lowest BCUT2D eigenvalue weighted by atomic mass is 9.87. The van der Waals surface area contributed by atoms with E-state index in [1.54, 1.807) is 0 Å². The summed E-state index contributed by atoms with van der Waals surface area (Å²) >= 11 is 0. The molecule has 130 valence electrons. The number of carbonyl (C=O) groups excluding carboxylic acids is 1. The van der Waals surface area contributed by atoms with Gasteiger partial charge in [-0.2, -0.15) is 0 Å². The standard InChI is InChI=1S/C20H28N2O2/c1-15-6-5-9-18-19(15)17(14-22(18)12-13-23)20(24)21-11-10-16-7-3-2-4-8-16/h5-6,9,14,16,23H,2-4,7-8,10-13H2,1H3,(H,21,24). The molecule has 1 amide bonds. The number of carbonyl (C=O) groups is 1. The number of fused-ring (bicyclic) bond motifs is 1. The molecule has 0 bridgehead atoms. The molecule has 0 spiro atoms. The number of nitrogens with zero attached hydrogens (tertiary/aromatic N) is 1. The molecule has 24 heavy (non-hydrogen) atoms. The molecule has 2 N–H and O–H groups in total. The average molecular weight is 328 g/mol. The van der Waals surface area contributed by atoms with Gasteiger partial charge in [-0.3, -0.25) is 4.79 Å². The van der Waals surface area contributed by atoms with Crippen LogP contribution in [-0.2, 0) is 6.54 Å². The SMILES string of the molecule is Cc1cccc2c1c(C(=O)NCCC1CCCCC1)cn2CCO. The molecule has 0 radical (unpaired) electrons. The Morgan fingerprint density at radius 2 is 2.08 bits per heavy atom. The van der Waals surface area contributed by atoms with E-state index in [4.69, 9.17) is 0 Å². The van der Waals surface area contributed by atoms with E-state index in [-0.39, 0.29) is 12.5 Å². The molecule has 1 aromatic heterocycles. The van der Waals surface area contributed by atoms with Crippen molar-refractivity contribution in [3.8, 4) is 0 Å². The summed E-state index contributed by atoms with van der Waals surface area (Å²) in [4.78, 5) is 12.7.